The fraction of sp³-hybridized carbons (Fsp3) is 0.545. The Labute approximate surface area is 102 Å². The third-order valence-electron chi connectivity index (χ3n) is 3.02. The number of nitrogens with zero attached hydrogens (tertiary/aromatic N) is 1. The third-order valence-corrected chi connectivity index (χ3v) is 3.02. The SMILES string of the molecule is Nc1cnc(C(F)(F)F)cc1NCC1CC(O)C1. The van der Waals surface area contributed by atoms with Crippen molar-refractivity contribution in [1.29, 1.82) is 0 Å². The van der Waals surface area contributed by atoms with Gasteiger partial charge in [-0.2, -0.15) is 13.2 Å². The number of aliphatic hydroxyl groups is 1. The molecule has 0 spiro atoms. The first-order chi connectivity index (χ1) is 8.36. The van der Waals surface area contributed by atoms with Gasteiger partial charge in [-0.3, -0.25) is 0 Å². The Morgan fingerprint density at radius 3 is 2.67 bits per heavy atom. The average molecular weight is 261 g/mol. The first kappa shape index (κ1) is 12.9. The largest absolute Gasteiger partial charge is 0.433 e. The van der Waals surface area contributed by atoms with Crippen LogP contribution in [0.3, 0.4) is 0 Å². The van der Waals surface area contributed by atoms with Gasteiger partial charge in [0.15, 0.2) is 0 Å². The second-order valence-corrected chi connectivity index (χ2v) is 4.53. The van der Waals surface area contributed by atoms with Gasteiger partial charge >= 0.3 is 6.18 Å². The van der Waals surface area contributed by atoms with Crippen LogP contribution in [-0.2, 0) is 6.18 Å². The van der Waals surface area contributed by atoms with E-state index in [1.807, 2.05) is 0 Å². The van der Waals surface area contributed by atoms with Crippen LogP contribution >= 0.6 is 0 Å². The second-order valence-electron chi connectivity index (χ2n) is 4.53. The number of anilines is 2. The second kappa shape index (κ2) is 4.64. The fourth-order valence-corrected chi connectivity index (χ4v) is 1.90. The molecule has 100 valence electrons. The van der Waals surface area contributed by atoms with E-state index < -0.39 is 11.9 Å². The highest BCUT2D eigenvalue weighted by molar-refractivity contribution is 5.65. The molecule has 1 fully saturated rings. The number of hydrogen-bond donors (Lipinski definition) is 3. The summed E-state index contributed by atoms with van der Waals surface area (Å²) in [6, 6.07) is 0.907. The summed E-state index contributed by atoms with van der Waals surface area (Å²) < 4.78 is 37.4. The van der Waals surface area contributed by atoms with Crippen LogP contribution in [0.5, 0.6) is 0 Å². The number of nitrogens with two attached hydrogens (primary N) is 1. The molecule has 1 heterocycles. The molecule has 0 aliphatic heterocycles. The highest BCUT2D eigenvalue weighted by Crippen LogP contribution is 2.32. The van der Waals surface area contributed by atoms with Crippen LogP contribution in [0.2, 0.25) is 0 Å². The standard InChI is InChI=1S/C11H14F3N3O/c12-11(13,14)10-3-9(8(15)5-17-10)16-4-6-1-7(18)2-6/h3,5-7,18H,1-2,4,15H2,(H,16,17). The molecule has 4 nitrogen and oxygen atoms in total. The first-order valence-corrected chi connectivity index (χ1v) is 5.61. The molecular formula is C11H14F3N3O. The minimum absolute atomic E-state index is 0.183. The molecule has 18 heavy (non-hydrogen) atoms. The monoisotopic (exact) mass is 261 g/mol. The van der Waals surface area contributed by atoms with E-state index in [1.54, 1.807) is 0 Å². The summed E-state index contributed by atoms with van der Waals surface area (Å²) in [5.74, 6) is 0.280. The van der Waals surface area contributed by atoms with E-state index in [-0.39, 0.29) is 23.4 Å². The maximum Gasteiger partial charge on any atom is 0.433 e. The van der Waals surface area contributed by atoms with Gasteiger partial charge in [0.2, 0.25) is 0 Å². The Kier molecular flexibility index (Phi) is 3.34. The van der Waals surface area contributed by atoms with Crippen molar-refractivity contribution in [1.82, 2.24) is 4.98 Å². The van der Waals surface area contributed by atoms with Crippen molar-refractivity contribution in [3.8, 4) is 0 Å². The molecule has 0 bridgehead atoms. The van der Waals surface area contributed by atoms with Crippen molar-refractivity contribution in [2.45, 2.75) is 25.1 Å². The van der Waals surface area contributed by atoms with Crippen LogP contribution < -0.4 is 11.1 Å². The van der Waals surface area contributed by atoms with Crippen LogP contribution in [0.25, 0.3) is 0 Å². The summed E-state index contributed by atoms with van der Waals surface area (Å²) in [6.45, 7) is 0.503. The highest BCUT2D eigenvalue weighted by atomic mass is 19.4. The molecule has 0 radical (unpaired) electrons. The molecule has 0 atom stereocenters. The molecule has 7 heteroatoms. The lowest BCUT2D eigenvalue weighted by molar-refractivity contribution is -0.141. The summed E-state index contributed by atoms with van der Waals surface area (Å²) in [5, 5.41) is 12.0. The molecule has 0 amide bonds. The van der Waals surface area contributed by atoms with Crippen molar-refractivity contribution < 1.29 is 18.3 Å². The van der Waals surface area contributed by atoms with Crippen molar-refractivity contribution in [3.05, 3.63) is 18.0 Å². The molecule has 1 aromatic heterocycles. The van der Waals surface area contributed by atoms with Crippen LogP contribution in [0.4, 0.5) is 24.5 Å². The summed E-state index contributed by atoms with van der Waals surface area (Å²) in [7, 11) is 0. The van der Waals surface area contributed by atoms with E-state index in [0.717, 1.165) is 12.3 Å². The fourth-order valence-electron chi connectivity index (χ4n) is 1.90. The van der Waals surface area contributed by atoms with Gasteiger partial charge in [-0.25, -0.2) is 4.98 Å². The number of aromatic nitrogens is 1. The van der Waals surface area contributed by atoms with Crippen molar-refractivity contribution in [3.63, 3.8) is 0 Å². The van der Waals surface area contributed by atoms with Crippen LogP contribution in [0.15, 0.2) is 12.3 Å². The highest BCUT2D eigenvalue weighted by Gasteiger charge is 2.33. The third kappa shape index (κ3) is 2.84. The molecule has 0 saturated heterocycles. The minimum Gasteiger partial charge on any atom is -0.396 e. The summed E-state index contributed by atoms with van der Waals surface area (Å²) in [5.41, 5.74) is 5.02. The predicted octanol–water partition coefficient (Wildman–Crippen LogP) is 1.87. The number of aliphatic hydroxyl groups excluding tert-OH is 1. The number of hydrogen-bond acceptors (Lipinski definition) is 4. The van der Waals surface area contributed by atoms with Gasteiger partial charge in [0.1, 0.15) is 5.69 Å². The molecule has 1 saturated carbocycles. The van der Waals surface area contributed by atoms with Gasteiger partial charge in [0, 0.05) is 6.54 Å². The van der Waals surface area contributed by atoms with Crippen LogP contribution in [-0.4, -0.2) is 22.7 Å². The molecule has 0 aromatic carbocycles. The minimum atomic E-state index is -4.48. The lowest BCUT2D eigenvalue weighted by Crippen LogP contribution is -2.33. The van der Waals surface area contributed by atoms with Crippen molar-refractivity contribution in [2.24, 2.45) is 5.92 Å². The van der Waals surface area contributed by atoms with E-state index in [2.05, 4.69) is 10.3 Å². The van der Waals surface area contributed by atoms with Crippen molar-refractivity contribution in [2.75, 3.05) is 17.6 Å². The lowest BCUT2D eigenvalue weighted by Gasteiger charge is -2.31. The zero-order valence-electron chi connectivity index (χ0n) is 9.54. The summed E-state index contributed by atoms with van der Waals surface area (Å²) in [6.07, 6.45) is -2.41. The van der Waals surface area contributed by atoms with Crippen molar-refractivity contribution >= 4 is 11.4 Å². The Hall–Kier alpha value is -1.50. The quantitative estimate of drug-likeness (QED) is 0.776. The molecule has 0 unspecified atom stereocenters. The van der Waals surface area contributed by atoms with E-state index in [0.29, 0.717) is 19.4 Å². The van der Waals surface area contributed by atoms with Crippen LogP contribution in [0.1, 0.15) is 18.5 Å². The Balaban J connectivity index is 2.02. The molecule has 1 aliphatic carbocycles. The Bertz CT molecular complexity index is 430. The normalized spacial score (nSPS) is 23.6. The number of nitrogen functional groups attached to an aromatic ring is 1. The van der Waals surface area contributed by atoms with E-state index in [4.69, 9.17) is 10.8 Å². The number of rotatable bonds is 3. The topological polar surface area (TPSA) is 71.2 Å². The lowest BCUT2D eigenvalue weighted by atomic mass is 9.82. The van der Waals surface area contributed by atoms with Gasteiger partial charge in [0.05, 0.1) is 23.7 Å². The Morgan fingerprint density at radius 1 is 1.44 bits per heavy atom. The maximum absolute atomic E-state index is 12.5. The number of nitrogens with one attached hydrogen (secondary N) is 1. The summed E-state index contributed by atoms with van der Waals surface area (Å²) >= 11 is 0. The number of pyridine rings is 1. The molecule has 4 N–H and O–H groups in total. The molecule has 2 rings (SSSR count). The van der Waals surface area contributed by atoms with Crippen LogP contribution in [0, 0.1) is 5.92 Å². The van der Waals surface area contributed by atoms with E-state index in [9.17, 15) is 13.2 Å². The van der Waals surface area contributed by atoms with Gasteiger partial charge < -0.3 is 16.2 Å². The van der Waals surface area contributed by atoms with E-state index in [1.165, 1.54) is 0 Å². The maximum atomic E-state index is 12.5. The molecular weight excluding hydrogens is 247 g/mol. The zero-order valence-corrected chi connectivity index (χ0v) is 9.54. The van der Waals surface area contributed by atoms with Gasteiger partial charge in [-0.15, -0.1) is 0 Å². The molecule has 1 aromatic rings. The smallest absolute Gasteiger partial charge is 0.396 e. The van der Waals surface area contributed by atoms with Gasteiger partial charge in [-0.1, -0.05) is 0 Å². The van der Waals surface area contributed by atoms with Gasteiger partial charge in [-0.05, 0) is 24.8 Å². The zero-order chi connectivity index (χ0) is 13.3. The summed E-state index contributed by atoms with van der Waals surface area (Å²) in [4.78, 5) is 3.25. The average Bonchev–Trinajstić information content (AvgIpc) is 2.23. The molecule has 1 aliphatic rings. The first-order valence-electron chi connectivity index (χ1n) is 5.61. The predicted molar refractivity (Wildman–Crippen MR) is 60.9 cm³/mol. The Morgan fingerprint density at radius 2 is 2.11 bits per heavy atom. The number of halogens is 3. The van der Waals surface area contributed by atoms with E-state index >= 15 is 0 Å². The van der Waals surface area contributed by atoms with Gasteiger partial charge in [0.25, 0.3) is 0 Å². The number of alkyl halides is 3.